The van der Waals surface area contributed by atoms with Gasteiger partial charge in [0.25, 0.3) is 0 Å². The number of nitrogen functional groups attached to an aromatic ring is 1. The Hall–Kier alpha value is -1.77. The molecule has 17 heavy (non-hydrogen) atoms. The highest BCUT2D eigenvalue weighted by molar-refractivity contribution is 5.69. The molecule has 1 fully saturated rings. The van der Waals surface area contributed by atoms with E-state index >= 15 is 0 Å². The van der Waals surface area contributed by atoms with Gasteiger partial charge in [-0.15, -0.1) is 0 Å². The van der Waals surface area contributed by atoms with Gasteiger partial charge in [0, 0.05) is 24.5 Å². The first-order valence-electron chi connectivity index (χ1n) is 6.04. The van der Waals surface area contributed by atoms with Gasteiger partial charge in [-0.3, -0.25) is 4.68 Å². The molecule has 0 spiro atoms. The third-order valence-electron chi connectivity index (χ3n) is 3.58. The fourth-order valence-corrected chi connectivity index (χ4v) is 2.43. The van der Waals surface area contributed by atoms with Crippen molar-refractivity contribution in [3.63, 3.8) is 0 Å². The third-order valence-corrected chi connectivity index (χ3v) is 3.58. The molecule has 1 aliphatic rings. The number of nitrogens with zero attached hydrogens (tertiary/aromatic N) is 2. The molecule has 0 amide bonds. The van der Waals surface area contributed by atoms with E-state index in [1.54, 1.807) is 0 Å². The zero-order valence-corrected chi connectivity index (χ0v) is 10.2. The first kappa shape index (κ1) is 10.4. The molecule has 3 heteroatoms. The first-order chi connectivity index (χ1) is 8.15. The Morgan fingerprint density at radius 1 is 1.35 bits per heavy atom. The van der Waals surface area contributed by atoms with Crippen molar-refractivity contribution in [3.8, 4) is 11.3 Å². The minimum Gasteiger partial charge on any atom is -0.399 e. The third kappa shape index (κ3) is 1.82. The summed E-state index contributed by atoms with van der Waals surface area (Å²) in [5, 5.41) is 4.48. The Morgan fingerprint density at radius 3 is 2.71 bits per heavy atom. The number of nitrogens with two attached hydrogens (primary N) is 1. The molecule has 1 saturated carbocycles. The summed E-state index contributed by atoms with van der Waals surface area (Å²) in [6, 6.07) is 8.24. The second-order valence-corrected chi connectivity index (χ2v) is 5.04. The average molecular weight is 227 g/mol. The van der Waals surface area contributed by atoms with E-state index in [4.69, 9.17) is 5.73 Å². The van der Waals surface area contributed by atoms with E-state index in [9.17, 15) is 0 Å². The van der Waals surface area contributed by atoms with Gasteiger partial charge in [0.1, 0.15) is 0 Å². The van der Waals surface area contributed by atoms with Crippen LogP contribution in [0.5, 0.6) is 0 Å². The van der Waals surface area contributed by atoms with Gasteiger partial charge in [-0.05, 0) is 42.0 Å². The second-order valence-electron chi connectivity index (χ2n) is 5.04. The molecule has 0 bridgehead atoms. The summed E-state index contributed by atoms with van der Waals surface area (Å²) < 4.78 is 1.83. The maximum Gasteiger partial charge on any atom is 0.0926 e. The smallest absolute Gasteiger partial charge is 0.0926 e. The molecule has 1 aromatic heterocycles. The predicted molar refractivity (Wildman–Crippen MR) is 69.6 cm³/mol. The summed E-state index contributed by atoms with van der Waals surface area (Å²) >= 11 is 0. The van der Waals surface area contributed by atoms with Gasteiger partial charge in [0.05, 0.1) is 5.69 Å². The molecule has 0 unspecified atom stereocenters. The summed E-state index contributed by atoms with van der Waals surface area (Å²) in [6.07, 6.45) is 3.25. The number of aromatic nitrogens is 2. The molecule has 0 aliphatic heterocycles. The summed E-state index contributed by atoms with van der Waals surface area (Å²) in [5.74, 6) is 1.48. The molecule has 0 saturated heterocycles. The van der Waals surface area contributed by atoms with Gasteiger partial charge in [-0.1, -0.05) is 13.0 Å². The van der Waals surface area contributed by atoms with Gasteiger partial charge in [0.15, 0.2) is 0 Å². The average Bonchev–Trinajstić information content (AvgIpc) is 2.85. The molecule has 2 N–H and O–H groups in total. The Morgan fingerprint density at radius 2 is 2.12 bits per heavy atom. The summed E-state index contributed by atoms with van der Waals surface area (Å²) in [4.78, 5) is 0. The number of hydrogen-bond donors (Lipinski definition) is 1. The Bertz CT molecular complexity index is 556. The number of anilines is 1. The van der Waals surface area contributed by atoms with Crippen LogP contribution in [-0.4, -0.2) is 9.78 Å². The maximum absolute atomic E-state index is 5.89. The lowest BCUT2D eigenvalue weighted by Crippen LogP contribution is -1.94. The van der Waals surface area contributed by atoms with Crippen LogP contribution >= 0.6 is 0 Å². The van der Waals surface area contributed by atoms with Crippen molar-refractivity contribution in [2.24, 2.45) is 13.0 Å². The van der Waals surface area contributed by atoms with Gasteiger partial charge < -0.3 is 5.73 Å². The molecule has 88 valence electrons. The lowest BCUT2D eigenvalue weighted by Gasteiger charge is -2.08. The maximum atomic E-state index is 5.89. The van der Waals surface area contributed by atoms with E-state index in [0.717, 1.165) is 17.3 Å². The van der Waals surface area contributed by atoms with Crippen LogP contribution in [0.4, 0.5) is 5.69 Å². The fraction of sp³-hybridized carbons (Fsp3) is 0.357. The molecule has 3 nitrogen and oxygen atoms in total. The minimum absolute atomic E-state index is 0.688. The largest absolute Gasteiger partial charge is 0.399 e. The van der Waals surface area contributed by atoms with Crippen molar-refractivity contribution in [1.29, 1.82) is 0 Å². The monoisotopic (exact) mass is 227 g/mol. The van der Waals surface area contributed by atoms with Gasteiger partial charge in [-0.2, -0.15) is 5.10 Å². The second kappa shape index (κ2) is 3.62. The van der Waals surface area contributed by atoms with Crippen LogP contribution in [0.3, 0.4) is 0 Å². The minimum atomic E-state index is 0.688. The van der Waals surface area contributed by atoms with Gasteiger partial charge in [0.2, 0.25) is 0 Å². The standard InChI is InChI=1S/C14H17N3/c1-9-7-12(9)11-4-3-10(15)8-13(11)14-5-6-17(2)16-14/h3-6,8-9,12H,7,15H2,1-2H3/t9-,12-/m1/s1. The van der Waals surface area contributed by atoms with E-state index in [1.165, 1.54) is 17.5 Å². The number of benzene rings is 1. The highest BCUT2D eigenvalue weighted by Gasteiger charge is 2.35. The van der Waals surface area contributed by atoms with Crippen LogP contribution in [0.25, 0.3) is 11.3 Å². The molecule has 1 aliphatic carbocycles. The molecular weight excluding hydrogens is 210 g/mol. The summed E-state index contributed by atoms with van der Waals surface area (Å²) in [5.41, 5.74) is 10.3. The van der Waals surface area contributed by atoms with E-state index in [2.05, 4.69) is 18.1 Å². The zero-order valence-electron chi connectivity index (χ0n) is 10.2. The van der Waals surface area contributed by atoms with E-state index < -0.39 is 0 Å². The molecule has 0 radical (unpaired) electrons. The number of rotatable bonds is 2. The van der Waals surface area contributed by atoms with Crippen molar-refractivity contribution in [1.82, 2.24) is 9.78 Å². The van der Waals surface area contributed by atoms with Gasteiger partial charge in [-0.25, -0.2) is 0 Å². The molecule has 2 atom stereocenters. The van der Waals surface area contributed by atoms with Crippen LogP contribution in [0.2, 0.25) is 0 Å². The fourth-order valence-electron chi connectivity index (χ4n) is 2.43. The molecule has 2 aromatic rings. The van der Waals surface area contributed by atoms with Crippen molar-refractivity contribution in [2.75, 3.05) is 5.73 Å². The predicted octanol–water partition coefficient (Wildman–Crippen LogP) is 2.79. The Labute approximate surface area is 101 Å². The lowest BCUT2D eigenvalue weighted by molar-refractivity contribution is 0.770. The van der Waals surface area contributed by atoms with Crippen molar-refractivity contribution in [2.45, 2.75) is 19.3 Å². The van der Waals surface area contributed by atoms with E-state index in [1.807, 2.05) is 36.1 Å². The molecule has 1 aromatic carbocycles. The van der Waals surface area contributed by atoms with Crippen LogP contribution in [0.15, 0.2) is 30.5 Å². The quantitative estimate of drug-likeness (QED) is 0.802. The highest BCUT2D eigenvalue weighted by atomic mass is 15.2. The van der Waals surface area contributed by atoms with E-state index in [-0.39, 0.29) is 0 Å². The van der Waals surface area contributed by atoms with Crippen LogP contribution in [-0.2, 0) is 7.05 Å². The number of hydrogen-bond acceptors (Lipinski definition) is 2. The van der Waals surface area contributed by atoms with Crippen molar-refractivity contribution in [3.05, 3.63) is 36.0 Å². The molecular formula is C14H17N3. The molecule has 1 heterocycles. The van der Waals surface area contributed by atoms with E-state index in [0.29, 0.717) is 5.92 Å². The van der Waals surface area contributed by atoms with Crippen molar-refractivity contribution < 1.29 is 0 Å². The zero-order chi connectivity index (χ0) is 12.0. The SMILES string of the molecule is C[C@@H]1C[C@H]1c1ccc(N)cc1-c1ccn(C)n1. The summed E-state index contributed by atoms with van der Waals surface area (Å²) in [7, 11) is 1.94. The van der Waals surface area contributed by atoms with Crippen LogP contribution in [0, 0.1) is 5.92 Å². The van der Waals surface area contributed by atoms with Crippen LogP contribution in [0.1, 0.15) is 24.8 Å². The van der Waals surface area contributed by atoms with Gasteiger partial charge >= 0.3 is 0 Å². The normalized spacial score (nSPS) is 22.7. The lowest BCUT2D eigenvalue weighted by atomic mass is 9.99. The number of aryl methyl sites for hydroxylation is 1. The van der Waals surface area contributed by atoms with Crippen molar-refractivity contribution >= 4 is 5.69 Å². The molecule has 3 rings (SSSR count). The Balaban J connectivity index is 2.10. The summed E-state index contributed by atoms with van der Waals surface area (Å²) in [6.45, 7) is 2.29. The Kier molecular flexibility index (Phi) is 2.21. The van der Waals surface area contributed by atoms with Crippen LogP contribution < -0.4 is 5.73 Å². The highest BCUT2D eigenvalue weighted by Crippen LogP contribution is 2.49. The topological polar surface area (TPSA) is 43.8 Å². The first-order valence-corrected chi connectivity index (χ1v) is 6.04.